The number of aryl methyl sites for hydroxylation is 2. The van der Waals surface area contributed by atoms with Crippen LogP contribution >= 0.6 is 11.6 Å². The maximum Gasteiger partial charge on any atom is 0.282 e. The van der Waals surface area contributed by atoms with Crippen LogP contribution in [0.15, 0.2) is 72.4 Å². The van der Waals surface area contributed by atoms with Gasteiger partial charge in [0.25, 0.3) is 11.8 Å². The van der Waals surface area contributed by atoms with Crippen molar-refractivity contribution in [2.45, 2.75) is 40.0 Å². The van der Waals surface area contributed by atoms with Crippen LogP contribution in [-0.2, 0) is 15.0 Å². The first kappa shape index (κ1) is 22.8. The molecular formula is C28H27ClN2O2. The Morgan fingerprint density at radius 2 is 1.45 bits per heavy atom. The zero-order chi connectivity index (χ0) is 23.9. The van der Waals surface area contributed by atoms with E-state index in [1.807, 2.05) is 62.4 Å². The van der Waals surface area contributed by atoms with Crippen LogP contribution in [0.2, 0.25) is 5.02 Å². The molecule has 0 saturated carbocycles. The van der Waals surface area contributed by atoms with E-state index in [4.69, 9.17) is 11.6 Å². The van der Waals surface area contributed by atoms with Crippen molar-refractivity contribution in [3.05, 3.63) is 99.7 Å². The summed E-state index contributed by atoms with van der Waals surface area (Å²) in [6, 6.07) is 20.8. The molecule has 5 heteroatoms. The van der Waals surface area contributed by atoms with Gasteiger partial charge in [0, 0.05) is 10.7 Å². The molecule has 0 atom stereocenters. The molecule has 2 amide bonds. The lowest BCUT2D eigenvalue weighted by atomic mass is 9.87. The predicted octanol–water partition coefficient (Wildman–Crippen LogP) is 6.65. The molecule has 4 nitrogen and oxygen atoms in total. The lowest BCUT2D eigenvalue weighted by Crippen LogP contribution is -2.33. The Balaban J connectivity index is 1.80. The van der Waals surface area contributed by atoms with Gasteiger partial charge in [-0.05, 0) is 60.2 Å². The lowest BCUT2D eigenvalue weighted by molar-refractivity contribution is -0.120. The normalized spacial score (nSPS) is 14.3. The SMILES string of the molecule is Cc1ccc(C2=C(Nc3ccc(C(C)(C)C)cc3)C(=O)N(c3cc(Cl)ccc3C)C2=O)cc1. The fourth-order valence-electron chi connectivity index (χ4n) is 3.87. The number of imide groups is 1. The second-order valence-electron chi connectivity index (χ2n) is 9.44. The summed E-state index contributed by atoms with van der Waals surface area (Å²) in [6.07, 6.45) is 0. The van der Waals surface area contributed by atoms with Crippen molar-refractivity contribution >= 4 is 40.4 Å². The van der Waals surface area contributed by atoms with Crippen molar-refractivity contribution in [3.8, 4) is 0 Å². The van der Waals surface area contributed by atoms with Crippen LogP contribution in [0.3, 0.4) is 0 Å². The third-order valence-corrected chi connectivity index (χ3v) is 6.09. The van der Waals surface area contributed by atoms with E-state index in [0.29, 0.717) is 21.8 Å². The molecule has 4 rings (SSSR count). The van der Waals surface area contributed by atoms with Crippen LogP contribution < -0.4 is 10.2 Å². The van der Waals surface area contributed by atoms with E-state index in [1.54, 1.807) is 18.2 Å². The number of nitrogens with zero attached hydrogens (tertiary/aromatic N) is 1. The fraction of sp³-hybridized carbons (Fsp3) is 0.214. The molecule has 0 aromatic heterocycles. The number of hydrogen-bond acceptors (Lipinski definition) is 3. The van der Waals surface area contributed by atoms with Gasteiger partial charge in [0.2, 0.25) is 0 Å². The average Bonchev–Trinajstić information content (AvgIpc) is 3.00. The lowest BCUT2D eigenvalue weighted by Gasteiger charge is -2.20. The van der Waals surface area contributed by atoms with Gasteiger partial charge in [0.15, 0.2) is 0 Å². The maximum absolute atomic E-state index is 13.6. The monoisotopic (exact) mass is 458 g/mol. The fourth-order valence-corrected chi connectivity index (χ4v) is 4.04. The maximum atomic E-state index is 13.6. The first-order valence-electron chi connectivity index (χ1n) is 10.9. The number of rotatable bonds is 4. The number of amides is 2. The minimum Gasteiger partial charge on any atom is -0.350 e. The summed E-state index contributed by atoms with van der Waals surface area (Å²) in [4.78, 5) is 28.4. The van der Waals surface area contributed by atoms with Crippen LogP contribution in [0.4, 0.5) is 11.4 Å². The van der Waals surface area contributed by atoms with E-state index in [9.17, 15) is 9.59 Å². The summed E-state index contributed by atoms with van der Waals surface area (Å²) < 4.78 is 0. The molecule has 3 aromatic rings. The van der Waals surface area contributed by atoms with E-state index in [2.05, 4.69) is 26.1 Å². The summed E-state index contributed by atoms with van der Waals surface area (Å²) in [5, 5.41) is 3.70. The zero-order valence-electron chi connectivity index (χ0n) is 19.5. The molecule has 1 aliphatic rings. The van der Waals surface area contributed by atoms with Gasteiger partial charge in [-0.2, -0.15) is 0 Å². The smallest absolute Gasteiger partial charge is 0.282 e. The van der Waals surface area contributed by atoms with Crippen molar-refractivity contribution in [2.24, 2.45) is 0 Å². The molecule has 1 N–H and O–H groups in total. The molecule has 0 bridgehead atoms. The molecule has 0 saturated heterocycles. The number of nitrogens with one attached hydrogen (secondary N) is 1. The Bertz CT molecular complexity index is 1270. The van der Waals surface area contributed by atoms with Gasteiger partial charge in [-0.25, -0.2) is 4.90 Å². The van der Waals surface area contributed by atoms with Crippen LogP contribution in [0, 0.1) is 13.8 Å². The molecular weight excluding hydrogens is 432 g/mol. The van der Waals surface area contributed by atoms with E-state index in [0.717, 1.165) is 16.8 Å². The molecule has 33 heavy (non-hydrogen) atoms. The Labute approximate surface area is 199 Å². The highest BCUT2D eigenvalue weighted by Gasteiger charge is 2.41. The highest BCUT2D eigenvalue weighted by molar-refractivity contribution is 6.46. The van der Waals surface area contributed by atoms with Crippen molar-refractivity contribution < 1.29 is 9.59 Å². The number of halogens is 1. The number of carbonyl (C=O) groups is 2. The highest BCUT2D eigenvalue weighted by atomic mass is 35.5. The molecule has 0 fully saturated rings. The molecule has 168 valence electrons. The van der Waals surface area contributed by atoms with Crippen LogP contribution in [-0.4, -0.2) is 11.8 Å². The van der Waals surface area contributed by atoms with Gasteiger partial charge in [-0.1, -0.05) is 80.4 Å². The van der Waals surface area contributed by atoms with Crippen molar-refractivity contribution in [2.75, 3.05) is 10.2 Å². The summed E-state index contributed by atoms with van der Waals surface area (Å²) in [5.41, 5.74) is 5.60. The molecule has 3 aromatic carbocycles. The first-order chi connectivity index (χ1) is 15.6. The number of anilines is 2. The summed E-state index contributed by atoms with van der Waals surface area (Å²) in [7, 11) is 0. The van der Waals surface area contributed by atoms with Crippen molar-refractivity contribution in [3.63, 3.8) is 0 Å². The zero-order valence-corrected chi connectivity index (χ0v) is 20.2. The van der Waals surface area contributed by atoms with E-state index < -0.39 is 5.91 Å². The second-order valence-corrected chi connectivity index (χ2v) is 9.88. The Kier molecular flexibility index (Phi) is 5.89. The van der Waals surface area contributed by atoms with Crippen molar-refractivity contribution in [1.82, 2.24) is 0 Å². The number of benzene rings is 3. The molecule has 0 spiro atoms. The van der Waals surface area contributed by atoms with Gasteiger partial charge >= 0.3 is 0 Å². The predicted molar refractivity (Wildman–Crippen MR) is 136 cm³/mol. The van der Waals surface area contributed by atoms with Gasteiger partial charge in [-0.15, -0.1) is 0 Å². The average molecular weight is 459 g/mol. The molecule has 0 unspecified atom stereocenters. The Morgan fingerprint density at radius 1 is 0.818 bits per heavy atom. The third kappa shape index (κ3) is 4.44. The van der Waals surface area contributed by atoms with Gasteiger partial charge < -0.3 is 5.32 Å². The topological polar surface area (TPSA) is 49.4 Å². The minimum absolute atomic E-state index is 0.0188. The van der Waals surface area contributed by atoms with Gasteiger partial charge in [-0.3, -0.25) is 9.59 Å². The largest absolute Gasteiger partial charge is 0.350 e. The quantitative estimate of drug-likeness (QED) is 0.445. The molecule has 0 aliphatic carbocycles. The third-order valence-electron chi connectivity index (χ3n) is 5.86. The summed E-state index contributed by atoms with van der Waals surface area (Å²) in [5.74, 6) is -0.774. The molecule has 1 aliphatic heterocycles. The van der Waals surface area contributed by atoms with Gasteiger partial charge in [0.1, 0.15) is 5.70 Å². The van der Waals surface area contributed by atoms with E-state index >= 15 is 0 Å². The van der Waals surface area contributed by atoms with Crippen LogP contribution in [0.25, 0.3) is 5.57 Å². The van der Waals surface area contributed by atoms with Crippen molar-refractivity contribution in [1.29, 1.82) is 0 Å². The minimum atomic E-state index is -0.402. The number of hydrogen-bond donors (Lipinski definition) is 1. The van der Waals surface area contributed by atoms with Crippen LogP contribution in [0.5, 0.6) is 0 Å². The Hall–Kier alpha value is -3.37. The Morgan fingerprint density at radius 3 is 2.06 bits per heavy atom. The molecule has 0 radical (unpaired) electrons. The standard InChI is InChI=1S/C28H27ClN2O2/c1-17-6-9-19(10-7-17)24-25(30-22-14-11-20(12-15-22)28(3,4)5)27(33)31(26(24)32)23-16-21(29)13-8-18(23)2/h6-16,30H,1-5H3. The summed E-state index contributed by atoms with van der Waals surface area (Å²) >= 11 is 6.20. The first-order valence-corrected chi connectivity index (χ1v) is 11.3. The second kappa shape index (κ2) is 8.53. The van der Waals surface area contributed by atoms with Gasteiger partial charge in [0.05, 0.1) is 11.3 Å². The summed E-state index contributed by atoms with van der Waals surface area (Å²) in [6.45, 7) is 10.3. The van der Waals surface area contributed by atoms with E-state index in [1.165, 1.54) is 10.5 Å². The number of carbonyl (C=O) groups excluding carboxylic acids is 2. The van der Waals surface area contributed by atoms with E-state index in [-0.39, 0.29) is 17.0 Å². The molecule has 1 heterocycles. The highest BCUT2D eigenvalue weighted by Crippen LogP contribution is 2.36. The van der Waals surface area contributed by atoms with Crippen LogP contribution in [0.1, 0.15) is 43.0 Å².